The first-order chi connectivity index (χ1) is 4.75. The molecule has 1 nitrogen and oxygen atoms in total. The molecule has 0 amide bonds. The first-order valence-corrected chi connectivity index (χ1v) is 4.36. The van der Waals surface area contributed by atoms with Crippen LogP contribution < -0.4 is 0 Å². The van der Waals surface area contributed by atoms with Crippen molar-refractivity contribution in [3.63, 3.8) is 0 Å². The van der Waals surface area contributed by atoms with Crippen LogP contribution in [0, 0.1) is 5.92 Å². The lowest BCUT2D eigenvalue weighted by atomic mass is 10.0. The number of ketones is 1. The van der Waals surface area contributed by atoms with E-state index in [-0.39, 0.29) is 11.3 Å². The zero-order chi connectivity index (χ0) is 7.56. The third kappa shape index (κ3) is 1.51. The fraction of sp³-hybridized carbons (Fsp3) is 0.875. The first-order valence-electron chi connectivity index (χ1n) is 3.92. The molecule has 0 bridgehead atoms. The third-order valence-corrected chi connectivity index (χ3v) is 2.72. The highest BCUT2D eigenvalue weighted by atomic mass is 35.5. The summed E-state index contributed by atoms with van der Waals surface area (Å²) in [5.74, 6) is 0.518. The van der Waals surface area contributed by atoms with Gasteiger partial charge in [0.25, 0.3) is 0 Å². The molecule has 0 saturated heterocycles. The van der Waals surface area contributed by atoms with Gasteiger partial charge in [0.15, 0.2) is 0 Å². The number of halogens is 1. The summed E-state index contributed by atoms with van der Waals surface area (Å²) in [4.78, 5) is 11.1. The minimum absolute atomic E-state index is 0.132. The Morgan fingerprint density at radius 1 is 1.60 bits per heavy atom. The standard InChI is InChI=1S/C8H13ClO/c1-2-8(10)6-4-3-5-7(6)9/h6-7H,2-5H2,1H3. The molecule has 1 aliphatic rings. The highest BCUT2D eigenvalue weighted by molar-refractivity contribution is 6.22. The molecular formula is C8H13ClO. The molecule has 0 aromatic rings. The second-order valence-corrected chi connectivity index (χ2v) is 3.43. The molecule has 2 heteroatoms. The van der Waals surface area contributed by atoms with Crippen molar-refractivity contribution in [3.05, 3.63) is 0 Å². The van der Waals surface area contributed by atoms with E-state index in [4.69, 9.17) is 11.6 Å². The minimum atomic E-state index is 0.132. The molecular weight excluding hydrogens is 148 g/mol. The second-order valence-electron chi connectivity index (χ2n) is 2.87. The van der Waals surface area contributed by atoms with Gasteiger partial charge in [-0.15, -0.1) is 11.6 Å². The van der Waals surface area contributed by atoms with Gasteiger partial charge < -0.3 is 0 Å². The lowest BCUT2D eigenvalue weighted by molar-refractivity contribution is -0.122. The summed E-state index contributed by atoms with van der Waals surface area (Å²) < 4.78 is 0. The third-order valence-electron chi connectivity index (χ3n) is 2.19. The Morgan fingerprint density at radius 2 is 2.30 bits per heavy atom. The van der Waals surface area contributed by atoms with Crippen LogP contribution in [0.5, 0.6) is 0 Å². The van der Waals surface area contributed by atoms with E-state index in [1.165, 1.54) is 0 Å². The largest absolute Gasteiger partial charge is 0.299 e. The molecule has 0 aromatic carbocycles. The fourth-order valence-electron chi connectivity index (χ4n) is 1.54. The van der Waals surface area contributed by atoms with E-state index < -0.39 is 0 Å². The van der Waals surface area contributed by atoms with Crippen molar-refractivity contribution in [3.8, 4) is 0 Å². The molecule has 1 saturated carbocycles. The second kappa shape index (κ2) is 3.38. The Morgan fingerprint density at radius 3 is 2.70 bits per heavy atom. The van der Waals surface area contributed by atoms with Crippen molar-refractivity contribution in [2.45, 2.75) is 38.0 Å². The van der Waals surface area contributed by atoms with Crippen LogP contribution in [0.4, 0.5) is 0 Å². The number of carbonyl (C=O) groups excluding carboxylic acids is 1. The lowest BCUT2D eigenvalue weighted by Gasteiger charge is -2.09. The Hall–Kier alpha value is -0.0400. The number of carbonyl (C=O) groups is 1. The van der Waals surface area contributed by atoms with E-state index >= 15 is 0 Å². The van der Waals surface area contributed by atoms with E-state index in [1.807, 2.05) is 6.92 Å². The lowest BCUT2D eigenvalue weighted by Crippen LogP contribution is -2.17. The van der Waals surface area contributed by atoms with Crippen LogP contribution in [0.15, 0.2) is 0 Å². The van der Waals surface area contributed by atoms with E-state index in [1.54, 1.807) is 0 Å². The van der Waals surface area contributed by atoms with Crippen molar-refractivity contribution < 1.29 is 4.79 Å². The van der Waals surface area contributed by atoms with Crippen LogP contribution in [0.1, 0.15) is 32.6 Å². The van der Waals surface area contributed by atoms with Crippen LogP contribution in [0.25, 0.3) is 0 Å². The molecule has 1 aliphatic carbocycles. The van der Waals surface area contributed by atoms with Crippen molar-refractivity contribution in [2.24, 2.45) is 5.92 Å². The maximum absolute atomic E-state index is 11.1. The quantitative estimate of drug-likeness (QED) is 0.567. The molecule has 10 heavy (non-hydrogen) atoms. The van der Waals surface area contributed by atoms with E-state index in [9.17, 15) is 4.79 Å². The number of hydrogen-bond acceptors (Lipinski definition) is 1. The Bertz CT molecular complexity index is 133. The van der Waals surface area contributed by atoms with Crippen LogP contribution >= 0.6 is 11.6 Å². The van der Waals surface area contributed by atoms with Gasteiger partial charge in [0, 0.05) is 17.7 Å². The molecule has 2 unspecified atom stereocenters. The molecule has 0 spiro atoms. The fourth-order valence-corrected chi connectivity index (χ4v) is 1.96. The zero-order valence-electron chi connectivity index (χ0n) is 6.27. The summed E-state index contributed by atoms with van der Waals surface area (Å²) in [6.07, 6.45) is 3.82. The molecule has 0 aromatic heterocycles. The van der Waals surface area contributed by atoms with Gasteiger partial charge in [-0.2, -0.15) is 0 Å². The average Bonchev–Trinajstić information content (AvgIpc) is 2.34. The van der Waals surface area contributed by atoms with Gasteiger partial charge in [0.05, 0.1) is 0 Å². The van der Waals surface area contributed by atoms with Gasteiger partial charge in [0.2, 0.25) is 0 Å². The normalized spacial score (nSPS) is 32.6. The topological polar surface area (TPSA) is 17.1 Å². The van der Waals surface area contributed by atoms with Gasteiger partial charge in [-0.05, 0) is 12.8 Å². The molecule has 0 radical (unpaired) electrons. The molecule has 1 fully saturated rings. The van der Waals surface area contributed by atoms with Gasteiger partial charge in [0.1, 0.15) is 5.78 Å². The van der Waals surface area contributed by atoms with Crippen LogP contribution in [-0.2, 0) is 4.79 Å². The SMILES string of the molecule is CCC(=O)C1CCCC1Cl. The number of alkyl halides is 1. The van der Waals surface area contributed by atoms with Crippen molar-refractivity contribution >= 4 is 17.4 Å². The van der Waals surface area contributed by atoms with E-state index in [0.717, 1.165) is 19.3 Å². The van der Waals surface area contributed by atoms with Crippen LogP contribution in [-0.4, -0.2) is 11.2 Å². The van der Waals surface area contributed by atoms with Crippen molar-refractivity contribution in [1.29, 1.82) is 0 Å². The highest BCUT2D eigenvalue weighted by Gasteiger charge is 2.29. The summed E-state index contributed by atoms with van der Waals surface area (Å²) in [6.45, 7) is 1.91. The average molecular weight is 161 g/mol. The molecule has 2 atom stereocenters. The van der Waals surface area contributed by atoms with Crippen LogP contribution in [0.2, 0.25) is 0 Å². The van der Waals surface area contributed by atoms with E-state index in [0.29, 0.717) is 12.2 Å². The Kier molecular flexibility index (Phi) is 2.72. The van der Waals surface area contributed by atoms with Crippen molar-refractivity contribution in [2.75, 3.05) is 0 Å². The molecule has 0 aliphatic heterocycles. The minimum Gasteiger partial charge on any atom is -0.299 e. The van der Waals surface area contributed by atoms with Crippen LogP contribution in [0.3, 0.4) is 0 Å². The number of rotatable bonds is 2. The van der Waals surface area contributed by atoms with Gasteiger partial charge >= 0.3 is 0 Å². The van der Waals surface area contributed by atoms with Gasteiger partial charge in [-0.1, -0.05) is 13.3 Å². The van der Waals surface area contributed by atoms with Gasteiger partial charge in [-0.3, -0.25) is 4.79 Å². The molecule has 0 heterocycles. The number of hydrogen-bond donors (Lipinski definition) is 0. The van der Waals surface area contributed by atoms with Crippen molar-refractivity contribution in [1.82, 2.24) is 0 Å². The first kappa shape index (κ1) is 8.06. The van der Waals surface area contributed by atoms with E-state index in [2.05, 4.69) is 0 Å². The molecule has 1 rings (SSSR count). The summed E-state index contributed by atoms with van der Waals surface area (Å²) in [6, 6.07) is 0. The predicted octanol–water partition coefficient (Wildman–Crippen LogP) is 2.37. The monoisotopic (exact) mass is 160 g/mol. The zero-order valence-corrected chi connectivity index (χ0v) is 7.03. The predicted molar refractivity (Wildman–Crippen MR) is 42.3 cm³/mol. The smallest absolute Gasteiger partial charge is 0.137 e. The summed E-state index contributed by atoms with van der Waals surface area (Å²) in [5.41, 5.74) is 0. The number of Topliss-reactive ketones (excluding diaryl/α,β-unsaturated/α-hetero) is 1. The maximum atomic E-state index is 11.1. The molecule has 0 N–H and O–H groups in total. The summed E-state index contributed by atoms with van der Waals surface area (Å²) >= 11 is 5.93. The van der Waals surface area contributed by atoms with Gasteiger partial charge in [-0.25, -0.2) is 0 Å². The highest BCUT2D eigenvalue weighted by Crippen LogP contribution is 2.31. The summed E-state index contributed by atoms with van der Waals surface area (Å²) in [5, 5.41) is 0.132. The molecule has 58 valence electrons. The Balaban J connectivity index is 2.46. The Labute approximate surface area is 66.8 Å². The maximum Gasteiger partial charge on any atom is 0.137 e. The summed E-state index contributed by atoms with van der Waals surface area (Å²) in [7, 11) is 0.